The van der Waals surface area contributed by atoms with Crippen molar-refractivity contribution in [1.29, 1.82) is 0 Å². The third-order valence-corrected chi connectivity index (χ3v) is 6.02. The first-order valence-corrected chi connectivity index (χ1v) is 11.2. The van der Waals surface area contributed by atoms with E-state index in [9.17, 15) is 4.79 Å². The molecule has 34 heavy (non-hydrogen) atoms. The van der Waals surface area contributed by atoms with Crippen LogP contribution >= 0.6 is 0 Å². The molecule has 182 valence electrons. The zero-order valence-electron chi connectivity index (χ0n) is 18.8. The van der Waals surface area contributed by atoms with Gasteiger partial charge in [-0.3, -0.25) is 4.90 Å². The number of carbonyl (C=O) groups excluding carboxylic acids is 1. The number of nitrogens with zero attached hydrogens (tertiary/aromatic N) is 1. The number of nitrogens with one attached hydrogen (secondary N) is 1. The molecule has 4 rings (SSSR count). The van der Waals surface area contributed by atoms with E-state index in [0.29, 0.717) is 0 Å². The van der Waals surface area contributed by atoms with Crippen LogP contribution in [0.2, 0.25) is 0 Å². The van der Waals surface area contributed by atoms with Crippen LogP contribution in [-0.4, -0.2) is 54.0 Å². The van der Waals surface area contributed by atoms with Gasteiger partial charge in [-0.05, 0) is 24.1 Å². The van der Waals surface area contributed by atoms with Gasteiger partial charge in [0.2, 0.25) is 0 Å². The molecule has 1 fully saturated rings. The molecule has 0 bridgehead atoms. The maximum atomic E-state index is 15.9. The van der Waals surface area contributed by atoms with Crippen LogP contribution in [0.3, 0.4) is 0 Å². The van der Waals surface area contributed by atoms with Crippen LogP contribution in [0.25, 0.3) is 0 Å². The van der Waals surface area contributed by atoms with Gasteiger partial charge >= 0.3 is 6.03 Å². The Hall–Kier alpha value is -2.85. The molecule has 0 aromatic heterocycles. The maximum Gasteiger partial charge on any atom is 0.325 e. The van der Waals surface area contributed by atoms with Crippen molar-refractivity contribution < 1.29 is 27.8 Å². The minimum absolute atomic E-state index is 0.0437. The van der Waals surface area contributed by atoms with Crippen molar-refractivity contribution in [1.82, 2.24) is 10.2 Å². The van der Waals surface area contributed by atoms with Gasteiger partial charge in [-0.15, -0.1) is 0 Å². The third-order valence-electron chi connectivity index (χ3n) is 6.02. The van der Waals surface area contributed by atoms with Crippen molar-refractivity contribution in [2.24, 2.45) is 5.73 Å². The summed E-state index contributed by atoms with van der Waals surface area (Å²) in [5.41, 5.74) is 5.60. The highest BCUT2D eigenvalue weighted by Crippen LogP contribution is 2.41. The first-order chi connectivity index (χ1) is 16.4. The Balaban J connectivity index is 1.58. The number of alkyl halides is 2. The number of benzene rings is 2. The fourth-order valence-corrected chi connectivity index (χ4v) is 4.15. The quantitative estimate of drug-likeness (QED) is 0.583. The van der Waals surface area contributed by atoms with Gasteiger partial charge in [0, 0.05) is 6.20 Å². The first-order valence-electron chi connectivity index (χ1n) is 11.2. The number of ether oxygens (including phenoxy) is 3. The lowest BCUT2D eigenvalue weighted by Gasteiger charge is -2.36. The zero-order chi connectivity index (χ0) is 24.1. The Bertz CT molecular complexity index is 979. The van der Waals surface area contributed by atoms with Crippen LogP contribution in [0.4, 0.5) is 13.6 Å². The highest BCUT2D eigenvalue weighted by molar-refractivity contribution is 5.77. The van der Waals surface area contributed by atoms with E-state index in [1.165, 1.54) is 19.2 Å². The average Bonchev–Trinajstić information content (AvgIpc) is 3.11. The molecular formula is C25H29F2N3O4. The molecule has 6 atom stereocenters. The maximum absolute atomic E-state index is 15.9. The summed E-state index contributed by atoms with van der Waals surface area (Å²) < 4.78 is 48.8. The molecule has 0 aliphatic carbocycles. The average molecular weight is 474 g/mol. The van der Waals surface area contributed by atoms with Gasteiger partial charge in [0.25, 0.3) is 0 Å². The van der Waals surface area contributed by atoms with E-state index in [0.717, 1.165) is 16.0 Å². The number of carbonyl (C=O) groups is 1. The summed E-state index contributed by atoms with van der Waals surface area (Å²) in [6.07, 6.45) is -4.11. The predicted molar refractivity (Wildman–Crippen MR) is 122 cm³/mol. The van der Waals surface area contributed by atoms with Gasteiger partial charge in [-0.1, -0.05) is 60.7 Å². The lowest BCUT2D eigenvalue weighted by atomic mass is 9.91. The van der Waals surface area contributed by atoms with Gasteiger partial charge < -0.3 is 25.3 Å². The summed E-state index contributed by atoms with van der Waals surface area (Å²) in [7, 11) is 0. The third kappa shape index (κ3) is 5.12. The van der Waals surface area contributed by atoms with Gasteiger partial charge in [0.05, 0.1) is 26.0 Å². The monoisotopic (exact) mass is 473 g/mol. The number of nitrogens with two attached hydrogens (primary N) is 1. The zero-order valence-corrected chi connectivity index (χ0v) is 18.8. The molecular weight excluding hydrogens is 444 g/mol. The molecule has 1 saturated heterocycles. The van der Waals surface area contributed by atoms with Crippen molar-refractivity contribution in [2.45, 2.75) is 56.6 Å². The molecule has 2 aromatic carbocycles. The molecule has 2 aliphatic heterocycles. The molecule has 0 spiro atoms. The Morgan fingerprint density at radius 2 is 1.74 bits per heavy atom. The SMILES string of the molecule is C[C@H](F)[C@]1(COCc2ccccc2)O[C@@H](N2C=CC(N)NC2=O)[C@H](F)[C@@H]1OCc1ccccc1. The Kier molecular flexibility index (Phi) is 7.57. The predicted octanol–water partition coefficient (Wildman–Crippen LogP) is 3.40. The van der Waals surface area contributed by atoms with Crippen LogP contribution in [0.1, 0.15) is 18.1 Å². The summed E-state index contributed by atoms with van der Waals surface area (Å²) in [5, 5.41) is 2.49. The van der Waals surface area contributed by atoms with E-state index in [2.05, 4.69) is 5.32 Å². The van der Waals surface area contributed by atoms with E-state index in [1.807, 2.05) is 60.7 Å². The van der Waals surface area contributed by atoms with Crippen molar-refractivity contribution in [3.05, 3.63) is 84.1 Å². The molecule has 9 heteroatoms. The van der Waals surface area contributed by atoms with E-state index in [1.54, 1.807) is 0 Å². The van der Waals surface area contributed by atoms with Crippen molar-refractivity contribution in [3.8, 4) is 0 Å². The van der Waals surface area contributed by atoms with E-state index >= 15 is 8.78 Å². The van der Waals surface area contributed by atoms with Crippen molar-refractivity contribution in [3.63, 3.8) is 0 Å². The second kappa shape index (κ2) is 10.6. The lowest BCUT2D eigenvalue weighted by Crippen LogP contribution is -2.54. The second-order valence-corrected chi connectivity index (χ2v) is 8.44. The first kappa shape index (κ1) is 24.3. The molecule has 7 nitrogen and oxygen atoms in total. The molecule has 3 N–H and O–H groups in total. The lowest BCUT2D eigenvalue weighted by molar-refractivity contribution is -0.186. The molecule has 0 radical (unpaired) electrons. The van der Waals surface area contributed by atoms with Gasteiger partial charge in [-0.25, -0.2) is 13.6 Å². The Morgan fingerprint density at radius 3 is 2.32 bits per heavy atom. The summed E-state index contributed by atoms with van der Waals surface area (Å²) in [4.78, 5) is 13.5. The molecule has 0 saturated carbocycles. The Morgan fingerprint density at radius 1 is 1.12 bits per heavy atom. The van der Waals surface area contributed by atoms with Crippen molar-refractivity contribution in [2.75, 3.05) is 6.61 Å². The van der Waals surface area contributed by atoms with E-state index in [-0.39, 0.29) is 19.8 Å². The Labute approximate surface area is 197 Å². The summed E-state index contributed by atoms with van der Waals surface area (Å²) in [5.74, 6) is 0. The second-order valence-electron chi connectivity index (χ2n) is 8.44. The van der Waals surface area contributed by atoms with E-state index in [4.69, 9.17) is 19.9 Å². The molecule has 2 heterocycles. The minimum atomic E-state index is -1.84. The van der Waals surface area contributed by atoms with Crippen LogP contribution < -0.4 is 11.1 Å². The largest absolute Gasteiger partial charge is 0.374 e. The van der Waals surface area contributed by atoms with Crippen LogP contribution in [-0.2, 0) is 27.4 Å². The normalized spacial score (nSPS) is 29.8. The number of hydrogen-bond acceptors (Lipinski definition) is 5. The topological polar surface area (TPSA) is 86.0 Å². The molecule has 1 unspecified atom stereocenters. The summed E-state index contributed by atoms with van der Waals surface area (Å²) in [6, 6.07) is 17.9. The molecule has 2 amide bonds. The number of halogens is 2. The van der Waals surface area contributed by atoms with Gasteiger partial charge in [-0.2, -0.15) is 0 Å². The molecule has 2 aliphatic rings. The summed E-state index contributed by atoms with van der Waals surface area (Å²) in [6.45, 7) is 1.24. The number of urea groups is 1. The van der Waals surface area contributed by atoms with E-state index < -0.39 is 42.5 Å². The number of amides is 2. The van der Waals surface area contributed by atoms with Crippen LogP contribution in [0.5, 0.6) is 0 Å². The van der Waals surface area contributed by atoms with Crippen LogP contribution in [0.15, 0.2) is 72.9 Å². The van der Waals surface area contributed by atoms with Crippen LogP contribution in [0, 0.1) is 0 Å². The number of hydrogen-bond donors (Lipinski definition) is 2. The fraction of sp³-hybridized carbons (Fsp3) is 0.400. The fourth-order valence-electron chi connectivity index (χ4n) is 4.15. The standard InChI is InChI=1S/C25H29F2N3O4/c1-17(26)25(16-32-14-18-8-4-2-5-9-18)22(33-15-19-10-6-3-7-11-19)21(27)23(34-25)30-13-12-20(28)29-24(30)31/h2-13,17,20-23H,14-16,28H2,1H3,(H,29,31)/t17-,20?,21+,22-,23+,25-/m0/s1. The highest BCUT2D eigenvalue weighted by Gasteiger charge is 2.62. The van der Waals surface area contributed by atoms with Crippen molar-refractivity contribution >= 4 is 6.03 Å². The highest BCUT2D eigenvalue weighted by atomic mass is 19.1. The number of rotatable bonds is 9. The van der Waals surface area contributed by atoms with Gasteiger partial charge in [0.1, 0.15) is 12.3 Å². The molecule has 2 aromatic rings. The summed E-state index contributed by atoms with van der Waals surface area (Å²) >= 11 is 0. The van der Waals surface area contributed by atoms with Gasteiger partial charge in [0.15, 0.2) is 18.0 Å². The minimum Gasteiger partial charge on any atom is -0.374 e. The smallest absolute Gasteiger partial charge is 0.325 e.